The molecule has 0 aromatic heterocycles. The van der Waals surface area contributed by atoms with Gasteiger partial charge in [0.05, 0.1) is 11.4 Å². The van der Waals surface area contributed by atoms with Gasteiger partial charge in [-0.15, -0.1) is 0 Å². The zero-order valence-electron chi connectivity index (χ0n) is 9.42. The molecule has 92 valence electrons. The van der Waals surface area contributed by atoms with Gasteiger partial charge >= 0.3 is 0 Å². The zero-order chi connectivity index (χ0) is 13.1. The average molecular weight is 244 g/mol. The van der Waals surface area contributed by atoms with E-state index >= 15 is 0 Å². The molecule has 0 fully saturated rings. The summed E-state index contributed by atoms with van der Waals surface area (Å²) >= 11 is 0. The first-order chi connectivity index (χ1) is 8.59. The molecular formula is C13H12N2O3. The Hall–Kier alpha value is -2.69. The van der Waals surface area contributed by atoms with Crippen LogP contribution in [0.4, 0.5) is 11.4 Å². The molecule has 0 saturated carbocycles. The van der Waals surface area contributed by atoms with E-state index in [1.165, 1.54) is 18.2 Å². The number of carbonyl (C=O) groups excluding carboxylic acids is 1. The van der Waals surface area contributed by atoms with Crippen molar-refractivity contribution in [3.63, 3.8) is 0 Å². The summed E-state index contributed by atoms with van der Waals surface area (Å²) < 4.78 is 0. The number of benzene rings is 2. The second-order valence-corrected chi connectivity index (χ2v) is 3.71. The Kier molecular flexibility index (Phi) is 3.05. The van der Waals surface area contributed by atoms with Crippen LogP contribution in [-0.2, 0) is 0 Å². The van der Waals surface area contributed by atoms with Crippen LogP contribution in [0.5, 0.6) is 11.5 Å². The van der Waals surface area contributed by atoms with Crippen LogP contribution in [-0.4, -0.2) is 16.1 Å². The number of phenolic OH excluding ortho intramolecular Hbond substituents is 2. The van der Waals surface area contributed by atoms with Crippen molar-refractivity contribution in [1.29, 1.82) is 0 Å². The fourth-order valence-corrected chi connectivity index (χ4v) is 1.56. The van der Waals surface area contributed by atoms with Crippen molar-refractivity contribution >= 4 is 17.3 Å². The molecule has 0 atom stereocenters. The molecule has 18 heavy (non-hydrogen) atoms. The van der Waals surface area contributed by atoms with E-state index in [0.29, 0.717) is 11.4 Å². The van der Waals surface area contributed by atoms with E-state index in [1.807, 2.05) is 0 Å². The third kappa shape index (κ3) is 2.20. The van der Waals surface area contributed by atoms with Crippen molar-refractivity contribution in [2.75, 3.05) is 11.1 Å². The molecular weight excluding hydrogens is 232 g/mol. The average Bonchev–Trinajstić information content (AvgIpc) is 2.32. The predicted octanol–water partition coefficient (Wildman–Crippen LogP) is 1.93. The maximum absolute atomic E-state index is 11.9. The van der Waals surface area contributed by atoms with E-state index in [2.05, 4.69) is 5.32 Å². The molecule has 0 heterocycles. The van der Waals surface area contributed by atoms with Gasteiger partial charge in [0.1, 0.15) is 17.1 Å². The van der Waals surface area contributed by atoms with Gasteiger partial charge in [0.2, 0.25) is 0 Å². The first-order valence-corrected chi connectivity index (χ1v) is 5.26. The van der Waals surface area contributed by atoms with Gasteiger partial charge in [-0.05, 0) is 24.3 Å². The fourth-order valence-electron chi connectivity index (χ4n) is 1.56. The quantitative estimate of drug-likeness (QED) is 0.607. The second kappa shape index (κ2) is 4.67. The van der Waals surface area contributed by atoms with E-state index in [-0.39, 0.29) is 17.1 Å². The van der Waals surface area contributed by atoms with Crippen LogP contribution in [0.3, 0.4) is 0 Å². The number of anilines is 2. The van der Waals surface area contributed by atoms with Gasteiger partial charge in [0.25, 0.3) is 5.91 Å². The minimum Gasteiger partial charge on any atom is -0.507 e. The SMILES string of the molecule is Nc1ccccc1NC(=O)c1c(O)cccc1O. The van der Waals surface area contributed by atoms with Crippen molar-refractivity contribution < 1.29 is 15.0 Å². The Morgan fingerprint density at radius 1 is 1.00 bits per heavy atom. The van der Waals surface area contributed by atoms with Gasteiger partial charge in [0, 0.05) is 0 Å². The third-order valence-electron chi connectivity index (χ3n) is 2.46. The molecule has 0 bridgehead atoms. The summed E-state index contributed by atoms with van der Waals surface area (Å²) in [6.07, 6.45) is 0. The topological polar surface area (TPSA) is 95.6 Å². The number of aromatic hydroxyl groups is 2. The monoisotopic (exact) mass is 244 g/mol. The molecule has 0 aliphatic carbocycles. The Labute approximate surface area is 103 Å². The van der Waals surface area contributed by atoms with Gasteiger partial charge in [-0.25, -0.2) is 0 Å². The smallest absolute Gasteiger partial charge is 0.263 e. The first-order valence-electron chi connectivity index (χ1n) is 5.26. The molecule has 0 aliphatic heterocycles. The van der Waals surface area contributed by atoms with Crippen LogP contribution in [0.1, 0.15) is 10.4 Å². The summed E-state index contributed by atoms with van der Waals surface area (Å²) in [4.78, 5) is 11.9. The minimum atomic E-state index is -0.622. The summed E-state index contributed by atoms with van der Waals surface area (Å²) in [7, 11) is 0. The van der Waals surface area contributed by atoms with Gasteiger partial charge in [-0.1, -0.05) is 18.2 Å². The van der Waals surface area contributed by atoms with Gasteiger partial charge in [-0.2, -0.15) is 0 Å². The number of hydrogen-bond donors (Lipinski definition) is 4. The van der Waals surface area contributed by atoms with Crippen molar-refractivity contribution in [3.8, 4) is 11.5 Å². The van der Waals surface area contributed by atoms with E-state index in [0.717, 1.165) is 0 Å². The van der Waals surface area contributed by atoms with Crippen LogP contribution in [0, 0.1) is 0 Å². The summed E-state index contributed by atoms with van der Waals surface area (Å²) in [5.41, 5.74) is 6.33. The molecule has 0 aliphatic rings. The fraction of sp³-hybridized carbons (Fsp3) is 0. The maximum atomic E-state index is 11.9. The number of rotatable bonds is 2. The van der Waals surface area contributed by atoms with Crippen LogP contribution >= 0.6 is 0 Å². The van der Waals surface area contributed by atoms with Crippen LogP contribution in [0.2, 0.25) is 0 Å². The van der Waals surface area contributed by atoms with Crippen molar-refractivity contribution in [1.82, 2.24) is 0 Å². The summed E-state index contributed by atoms with van der Waals surface area (Å²) in [6, 6.07) is 10.8. The number of amides is 1. The molecule has 5 N–H and O–H groups in total. The number of hydrogen-bond acceptors (Lipinski definition) is 4. The lowest BCUT2D eigenvalue weighted by Crippen LogP contribution is -2.13. The first kappa shape index (κ1) is 11.8. The molecule has 2 aromatic carbocycles. The highest BCUT2D eigenvalue weighted by Gasteiger charge is 2.16. The largest absolute Gasteiger partial charge is 0.507 e. The van der Waals surface area contributed by atoms with E-state index < -0.39 is 5.91 Å². The number of nitrogen functional groups attached to an aromatic ring is 1. The Morgan fingerprint density at radius 2 is 1.61 bits per heavy atom. The molecule has 2 rings (SSSR count). The van der Waals surface area contributed by atoms with Crippen LogP contribution in [0.15, 0.2) is 42.5 Å². The summed E-state index contributed by atoms with van der Waals surface area (Å²) in [5.74, 6) is -1.20. The molecule has 2 aromatic rings. The summed E-state index contributed by atoms with van der Waals surface area (Å²) in [5, 5.41) is 21.6. The normalized spacial score (nSPS) is 10.0. The van der Waals surface area contributed by atoms with Gasteiger partial charge < -0.3 is 21.3 Å². The van der Waals surface area contributed by atoms with E-state index in [9.17, 15) is 15.0 Å². The molecule has 0 radical (unpaired) electrons. The van der Waals surface area contributed by atoms with Gasteiger partial charge in [-0.3, -0.25) is 4.79 Å². The molecule has 5 nitrogen and oxygen atoms in total. The lowest BCUT2D eigenvalue weighted by molar-refractivity contribution is 0.102. The molecule has 1 amide bonds. The molecule has 5 heteroatoms. The van der Waals surface area contributed by atoms with Crippen molar-refractivity contribution in [3.05, 3.63) is 48.0 Å². The number of nitrogens with two attached hydrogens (primary N) is 1. The second-order valence-electron chi connectivity index (χ2n) is 3.71. The van der Waals surface area contributed by atoms with Crippen LogP contribution < -0.4 is 11.1 Å². The van der Waals surface area contributed by atoms with Crippen LogP contribution in [0.25, 0.3) is 0 Å². The highest BCUT2D eigenvalue weighted by Crippen LogP contribution is 2.28. The number of nitrogens with one attached hydrogen (secondary N) is 1. The summed E-state index contributed by atoms with van der Waals surface area (Å²) in [6.45, 7) is 0. The van der Waals surface area contributed by atoms with Gasteiger partial charge in [0.15, 0.2) is 0 Å². The van der Waals surface area contributed by atoms with E-state index in [1.54, 1.807) is 24.3 Å². The third-order valence-corrected chi connectivity index (χ3v) is 2.46. The Bertz CT molecular complexity index is 576. The zero-order valence-corrected chi connectivity index (χ0v) is 9.42. The Balaban J connectivity index is 2.31. The highest BCUT2D eigenvalue weighted by atomic mass is 16.3. The lowest BCUT2D eigenvalue weighted by Gasteiger charge is -2.09. The number of carbonyl (C=O) groups is 1. The molecule has 0 spiro atoms. The number of phenols is 2. The predicted molar refractivity (Wildman–Crippen MR) is 68.6 cm³/mol. The molecule has 0 unspecified atom stereocenters. The van der Waals surface area contributed by atoms with E-state index in [4.69, 9.17) is 5.73 Å². The Morgan fingerprint density at radius 3 is 2.22 bits per heavy atom. The lowest BCUT2D eigenvalue weighted by atomic mass is 10.1. The minimum absolute atomic E-state index is 0.180. The molecule has 0 saturated heterocycles. The highest BCUT2D eigenvalue weighted by molar-refractivity contribution is 6.09. The van der Waals surface area contributed by atoms with Crippen molar-refractivity contribution in [2.24, 2.45) is 0 Å². The number of para-hydroxylation sites is 2. The standard InChI is InChI=1S/C13H12N2O3/c14-8-4-1-2-5-9(8)15-13(18)12-10(16)6-3-7-11(12)17/h1-7,16-17H,14H2,(H,15,18). The maximum Gasteiger partial charge on any atom is 0.263 e. The van der Waals surface area contributed by atoms with Crippen molar-refractivity contribution in [2.45, 2.75) is 0 Å².